The summed E-state index contributed by atoms with van der Waals surface area (Å²) in [4.78, 5) is 14.3. The SMILES string of the molecule is CCOc1cc(C#N)ccc1OCC(=O)N1CC=C(c2ccccc2)CC1. The van der Waals surface area contributed by atoms with Gasteiger partial charge in [0.1, 0.15) is 0 Å². The van der Waals surface area contributed by atoms with Gasteiger partial charge in [-0.15, -0.1) is 0 Å². The standard InChI is InChI=1S/C22H22N2O3/c1-2-26-21-14-17(15-23)8-9-20(21)27-16-22(25)24-12-10-19(11-13-24)18-6-4-3-5-7-18/h3-10,14H,2,11-13,16H2,1H3. The van der Waals surface area contributed by atoms with E-state index >= 15 is 0 Å². The highest BCUT2D eigenvalue weighted by molar-refractivity contribution is 5.79. The number of hydrogen-bond acceptors (Lipinski definition) is 4. The van der Waals surface area contributed by atoms with Crippen LogP contribution in [0, 0.1) is 11.3 Å². The van der Waals surface area contributed by atoms with Crippen LogP contribution in [-0.4, -0.2) is 37.1 Å². The monoisotopic (exact) mass is 362 g/mol. The molecule has 0 atom stereocenters. The van der Waals surface area contributed by atoms with Crippen molar-refractivity contribution < 1.29 is 14.3 Å². The maximum absolute atomic E-state index is 12.5. The third-order valence-electron chi connectivity index (χ3n) is 4.43. The average Bonchev–Trinajstić information content (AvgIpc) is 2.73. The van der Waals surface area contributed by atoms with Gasteiger partial charge >= 0.3 is 0 Å². The van der Waals surface area contributed by atoms with E-state index in [0.29, 0.717) is 36.8 Å². The van der Waals surface area contributed by atoms with E-state index < -0.39 is 0 Å². The van der Waals surface area contributed by atoms with Crippen molar-refractivity contribution in [2.75, 3.05) is 26.3 Å². The summed E-state index contributed by atoms with van der Waals surface area (Å²) in [6.45, 7) is 3.52. The van der Waals surface area contributed by atoms with E-state index in [4.69, 9.17) is 14.7 Å². The Labute approximate surface area is 159 Å². The summed E-state index contributed by atoms with van der Waals surface area (Å²) in [5, 5.41) is 9.00. The molecule has 1 aliphatic rings. The Morgan fingerprint density at radius 3 is 2.63 bits per heavy atom. The largest absolute Gasteiger partial charge is 0.490 e. The molecule has 0 bridgehead atoms. The molecule has 3 rings (SSSR count). The molecule has 0 saturated heterocycles. The van der Waals surface area contributed by atoms with Crippen molar-refractivity contribution >= 4 is 11.5 Å². The second kappa shape index (κ2) is 8.91. The molecular formula is C22H22N2O3. The number of amides is 1. The summed E-state index contributed by atoms with van der Waals surface area (Å²) in [7, 11) is 0. The summed E-state index contributed by atoms with van der Waals surface area (Å²) in [6, 6.07) is 17.2. The van der Waals surface area contributed by atoms with E-state index in [-0.39, 0.29) is 12.5 Å². The molecule has 0 fully saturated rings. The number of hydrogen-bond donors (Lipinski definition) is 0. The van der Waals surface area contributed by atoms with Crippen molar-refractivity contribution in [3.63, 3.8) is 0 Å². The van der Waals surface area contributed by atoms with Gasteiger partial charge in [-0.3, -0.25) is 4.79 Å². The van der Waals surface area contributed by atoms with E-state index in [1.54, 1.807) is 23.1 Å². The van der Waals surface area contributed by atoms with Crippen molar-refractivity contribution in [3.8, 4) is 17.6 Å². The van der Waals surface area contributed by atoms with Crippen LogP contribution < -0.4 is 9.47 Å². The highest BCUT2D eigenvalue weighted by Crippen LogP contribution is 2.28. The minimum atomic E-state index is -0.0647. The first-order chi connectivity index (χ1) is 13.2. The minimum absolute atomic E-state index is 0.0551. The van der Waals surface area contributed by atoms with Crippen LogP contribution in [0.5, 0.6) is 11.5 Å². The van der Waals surface area contributed by atoms with Crippen molar-refractivity contribution in [1.82, 2.24) is 4.90 Å². The first-order valence-electron chi connectivity index (χ1n) is 9.03. The Morgan fingerprint density at radius 1 is 1.15 bits per heavy atom. The molecule has 1 aliphatic heterocycles. The zero-order chi connectivity index (χ0) is 19.1. The van der Waals surface area contributed by atoms with Crippen LogP contribution in [-0.2, 0) is 4.79 Å². The molecule has 0 spiro atoms. The summed E-state index contributed by atoms with van der Waals surface area (Å²) < 4.78 is 11.2. The van der Waals surface area contributed by atoms with E-state index in [2.05, 4.69) is 24.3 Å². The van der Waals surface area contributed by atoms with Gasteiger partial charge in [-0.25, -0.2) is 0 Å². The van der Waals surface area contributed by atoms with Crippen LogP contribution in [0.15, 0.2) is 54.6 Å². The Bertz CT molecular complexity index is 869. The quantitative estimate of drug-likeness (QED) is 0.787. The number of nitriles is 1. The van der Waals surface area contributed by atoms with E-state index in [1.807, 2.05) is 25.1 Å². The fourth-order valence-electron chi connectivity index (χ4n) is 3.01. The van der Waals surface area contributed by atoms with E-state index in [9.17, 15) is 4.79 Å². The number of benzene rings is 2. The lowest BCUT2D eigenvalue weighted by Crippen LogP contribution is -2.37. The summed E-state index contributed by atoms with van der Waals surface area (Å²) in [5.41, 5.74) is 2.97. The van der Waals surface area contributed by atoms with Gasteiger partial charge in [-0.1, -0.05) is 36.4 Å². The molecule has 0 saturated carbocycles. The predicted octanol–water partition coefficient (Wildman–Crippen LogP) is 3.65. The number of nitrogens with zero attached hydrogens (tertiary/aromatic N) is 2. The molecule has 2 aromatic rings. The second-order valence-corrected chi connectivity index (χ2v) is 6.18. The number of ether oxygens (including phenoxy) is 2. The molecule has 0 aromatic heterocycles. The van der Waals surface area contributed by atoms with Crippen LogP contribution in [0.25, 0.3) is 5.57 Å². The van der Waals surface area contributed by atoms with Gasteiger partial charge in [0.2, 0.25) is 0 Å². The Hall–Kier alpha value is -3.26. The van der Waals surface area contributed by atoms with Gasteiger partial charge in [0.05, 0.1) is 18.2 Å². The van der Waals surface area contributed by atoms with Gasteiger partial charge < -0.3 is 14.4 Å². The molecule has 5 heteroatoms. The van der Waals surface area contributed by atoms with Crippen molar-refractivity contribution in [1.29, 1.82) is 5.26 Å². The third kappa shape index (κ3) is 4.68. The molecule has 0 unspecified atom stereocenters. The summed E-state index contributed by atoms with van der Waals surface area (Å²) >= 11 is 0. The lowest BCUT2D eigenvalue weighted by molar-refractivity contribution is -0.132. The highest BCUT2D eigenvalue weighted by atomic mass is 16.5. The summed E-state index contributed by atoms with van der Waals surface area (Å²) in [6.07, 6.45) is 2.93. The Balaban J connectivity index is 1.59. The van der Waals surface area contributed by atoms with Crippen molar-refractivity contribution in [2.24, 2.45) is 0 Å². The molecule has 0 radical (unpaired) electrons. The van der Waals surface area contributed by atoms with Crippen LogP contribution in [0.3, 0.4) is 0 Å². The summed E-state index contributed by atoms with van der Waals surface area (Å²) in [5.74, 6) is 0.890. The second-order valence-electron chi connectivity index (χ2n) is 6.18. The molecule has 1 amide bonds. The van der Waals surface area contributed by atoms with Crippen LogP contribution >= 0.6 is 0 Å². The van der Waals surface area contributed by atoms with Gasteiger partial charge in [-0.2, -0.15) is 5.26 Å². The van der Waals surface area contributed by atoms with Crippen LogP contribution in [0.4, 0.5) is 0 Å². The van der Waals surface area contributed by atoms with E-state index in [1.165, 1.54) is 11.1 Å². The van der Waals surface area contributed by atoms with Gasteiger partial charge in [0.15, 0.2) is 18.1 Å². The van der Waals surface area contributed by atoms with Crippen molar-refractivity contribution in [2.45, 2.75) is 13.3 Å². The van der Waals surface area contributed by atoms with Gasteiger partial charge in [0, 0.05) is 19.2 Å². The molecule has 5 nitrogen and oxygen atoms in total. The minimum Gasteiger partial charge on any atom is -0.490 e. The van der Waals surface area contributed by atoms with E-state index in [0.717, 1.165) is 6.42 Å². The molecule has 27 heavy (non-hydrogen) atoms. The highest BCUT2D eigenvalue weighted by Gasteiger charge is 2.19. The van der Waals surface area contributed by atoms with Crippen LogP contribution in [0.1, 0.15) is 24.5 Å². The third-order valence-corrected chi connectivity index (χ3v) is 4.43. The molecule has 0 N–H and O–H groups in total. The van der Waals surface area contributed by atoms with Gasteiger partial charge in [-0.05, 0) is 36.6 Å². The fraction of sp³-hybridized carbons (Fsp3) is 0.273. The molecular weight excluding hydrogens is 340 g/mol. The predicted molar refractivity (Wildman–Crippen MR) is 103 cm³/mol. The fourth-order valence-corrected chi connectivity index (χ4v) is 3.01. The first kappa shape index (κ1) is 18.5. The van der Waals surface area contributed by atoms with Gasteiger partial charge in [0.25, 0.3) is 5.91 Å². The number of carbonyl (C=O) groups is 1. The Morgan fingerprint density at radius 2 is 1.96 bits per heavy atom. The zero-order valence-electron chi connectivity index (χ0n) is 15.4. The normalized spacial score (nSPS) is 13.5. The molecule has 2 aromatic carbocycles. The van der Waals surface area contributed by atoms with Crippen LogP contribution in [0.2, 0.25) is 0 Å². The lowest BCUT2D eigenvalue weighted by atomic mass is 10.00. The van der Waals surface area contributed by atoms with Crippen molar-refractivity contribution in [3.05, 3.63) is 65.7 Å². The maximum atomic E-state index is 12.5. The molecule has 0 aliphatic carbocycles. The lowest BCUT2D eigenvalue weighted by Gasteiger charge is -2.26. The average molecular weight is 362 g/mol. The first-order valence-corrected chi connectivity index (χ1v) is 9.03. The number of carbonyl (C=O) groups excluding carboxylic acids is 1. The maximum Gasteiger partial charge on any atom is 0.260 e. The topological polar surface area (TPSA) is 62.6 Å². The smallest absolute Gasteiger partial charge is 0.260 e. The Kier molecular flexibility index (Phi) is 6.11. The zero-order valence-corrected chi connectivity index (χ0v) is 15.4. The molecule has 138 valence electrons. The molecule has 1 heterocycles. The number of rotatable bonds is 6.